The minimum absolute atomic E-state index is 0.252. The molecule has 0 saturated carbocycles. The van der Waals surface area contributed by atoms with Crippen molar-refractivity contribution in [3.63, 3.8) is 0 Å². The van der Waals surface area contributed by atoms with Crippen LogP contribution in [0, 0.1) is 6.92 Å². The molecule has 0 radical (unpaired) electrons. The summed E-state index contributed by atoms with van der Waals surface area (Å²) in [6.07, 6.45) is -4.38. The van der Waals surface area contributed by atoms with Gasteiger partial charge in [0, 0.05) is 11.8 Å². The number of nitrogens with two attached hydrogens (primary N) is 1. The van der Waals surface area contributed by atoms with E-state index in [9.17, 15) is 13.2 Å². The molecule has 1 heterocycles. The number of aryl methyl sites for hydroxylation is 1. The van der Waals surface area contributed by atoms with Crippen LogP contribution in [0.5, 0.6) is 0 Å². The first-order chi connectivity index (χ1) is 8.84. The van der Waals surface area contributed by atoms with Gasteiger partial charge in [-0.1, -0.05) is 6.07 Å². The second-order valence-electron chi connectivity index (χ2n) is 3.93. The summed E-state index contributed by atoms with van der Waals surface area (Å²) in [5.41, 5.74) is 5.10. The Kier molecular flexibility index (Phi) is 3.28. The summed E-state index contributed by atoms with van der Waals surface area (Å²) in [7, 11) is 0. The molecule has 0 aliphatic heterocycles. The lowest BCUT2D eigenvalue weighted by Crippen LogP contribution is -2.06. The largest absolute Gasteiger partial charge is 0.416 e. The van der Waals surface area contributed by atoms with Crippen molar-refractivity contribution in [3.8, 4) is 0 Å². The van der Waals surface area contributed by atoms with E-state index in [4.69, 9.17) is 5.73 Å². The molecule has 1 aromatic heterocycles. The Bertz CT molecular complexity index is 576. The molecule has 7 heteroatoms. The van der Waals surface area contributed by atoms with Gasteiger partial charge >= 0.3 is 6.18 Å². The van der Waals surface area contributed by atoms with Crippen molar-refractivity contribution < 1.29 is 13.2 Å². The van der Waals surface area contributed by atoms with Crippen LogP contribution in [0.1, 0.15) is 11.4 Å². The number of nitrogen functional groups attached to an aromatic ring is 1. The molecule has 2 rings (SSSR count). The Balaban J connectivity index is 2.28. The number of aromatic nitrogens is 2. The highest BCUT2D eigenvalue weighted by atomic mass is 19.4. The first kappa shape index (κ1) is 13.1. The van der Waals surface area contributed by atoms with Crippen LogP contribution in [0.4, 0.5) is 30.5 Å². The van der Waals surface area contributed by atoms with Crippen LogP contribution in [0.2, 0.25) is 0 Å². The predicted molar refractivity (Wildman–Crippen MR) is 65.9 cm³/mol. The van der Waals surface area contributed by atoms with Crippen LogP contribution in [-0.2, 0) is 6.18 Å². The molecule has 2 aromatic rings. The highest BCUT2D eigenvalue weighted by Gasteiger charge is 2.30. The van der Waals surface area contributed by atoms with Gasteiger partial charge < -0.3 is 11.1 Å². The summed E-state index contributed by atoms with van der Waals surface area (Å²) in [5, 5.41) is 2.77. The summed E-state index contributed by atoms with van der Waals surface area (Å²) in [5.74, 6) is 1.04. The summed E-state index contributed by atoms with van der Waals surface area (Å²) in [4.78, 5) is 7.92. The summed E-state index contributed by atoms with van der Waals surface area (Å²) in [6.45, 7) is 1.65. The number of halogens is 3. The molecule has 0 amide bonds. The van der Waals surface area contributed by atoms with E-state index >= 15 is 0 Å². The molecule has 0 unspecified atom stereocenters. The van der Waals surface area contributed by atoms with Crippen molar-refractivity contribution in [2.75, 3.05) is 11.1 Å². The monoisotopic (exact) mass is 268 g/mol. The van der Waals surface area contributed by atoms with Crippen LogP contribution in [0.15, 0.2) is 30.3 Å². The van der Waals surface area contributed by atoms with E-state index in [1.807, 2.05) is 0 Å². The van der Waals surface area contributed by atoms with Gasteiger partial charge in [-0.2, -0.15) is 13.2 Å². The summed E-state index contributed by atoms with van der Waals surface area (Å²) >= 11 is 0. The lowest BCUT2D eigenvalue weighted by molar-refractivity contribution is -0.137. The van der Waals surface area contributed by atoms with Crippen molar-refractivity contribution in [2.45, 2.75) is 13.1 Å². The molecule has 3 N–H and O–H groups in total. The fraction of sp³-hybridized carbons (Fsp3) is 0.167. The molecular formula is C12H11F3N4. The maximum absolute atomic E-state index is 12.6. The Labute approximate surface area is 107 Å². The minimum Gasteiger partial charge on any atom is -0.384 e. The molecule has 4 nitrogen and oxygen atoms in total. The SMILES string of the molecule is Cc1nc(N)cc(Nc2cccc(C(F)(F)F)c2)n1. The fourth-order valence-electron chi connectivity index (χ4n) is 1.58. The lowest BCUT2D eigenvalue weighted by atomic mass is 10.2. The zero-order valence-electron chi connectivity index (χ0n) is 9.99. The third kappa shape index (κ3) is 3.34. The Morgan fingerprint density at radius 1 is 1.16 bits per heavy atom. The topological polar surface area (TPSA) is 63.8 Å². The highest BCUT2D eigenvalue weighted by Crippen LogP contribution is 2.31. The number of anilines is 3. The fourth-order valence-corrected chi connectivity index (χ4v) is 1.58. The average Bonchev–Trinajstić information content (AvgIpc) is 2.26. The van der Waals surface area contributed by atoms with Crippen LogP contribution < -0.4 is 11.1 Å². The summed E-state index contributed by atoms with van der Waals surface area (Å²) in [6, 6.07) is 6.30. The molecular weight excluding hydrogens is 257 g/mol. The molecule has 0 fully saturated rings. The number of rotatable bonds is 2. The number of hydrogen-bond donors (Lipinski definition) is 2. The number of benzene rings is 1. The van der Waals surface area contributed by atoms with E-state index in [0.717, 1.165) is 12.1 Å². The first-order valence-corrected chi connectivity index (χ1v) is 5.40. The zero-order chi connectivity index (χ0) is 14.0. The molecule has 0 spiro atoms. The normalized spacial score (nSPS) is 11.4. The molecule has 100 valence electrons. The van der Waals surface area contributed by atoms with Crippen LogP contribution in [0.3, 0.4) is 0 Å². The maximum atomic E-state index is 12.6. The van der Waals surface area contributed by atoms with Crippen molar-refractivity contribution in [1.29, 1.82) is 0 Å². The predicted octanol–water partition coefficient (Wildman–Crippen LogP) is 3.13. The number of nitrogens with one attached hydrogen (secondary N) is 1. The Morgan fingerprint density at radius 2 is 1.89 bits per heavy atom. The van der Waals surface area contributed by atoms with Crippen LogP contribution >= 0.6 is 0 Å². The van der Waals surface area contributed by atoms with Gasteiger partial charge in [0.2, 0.25) is 0 Å². The van der Waals surface area contributed by atoms with E-state index in [1.165, 1.54) is 18.2 Å². The van der Waals surface area contributed by atoms with Gasteiger partial charge in [-0.25, -0.2) is 9.97 Å². The second-order valence-corrected chi connectivity index (χ2v) is 3.93. The maximum Gasteiger partial charge on any atom is 0.416 e. The standard InChI is InChI=1S/C12H11F3N4/c1-7-17-10(16)6-11(18-7)19-9-4-2-3-8(5-9)12(13,14)15/h2-6H,1H3,(H3,16,17,18,19). The summed E-state index contributed by atoms with van der Waals surface area (Å²) < 4.78 is 37.7. The van der Waals surface area contributed by atoms with E-state index in [1.54, 1.807) is 6.92 Å². The third-order valence-electron chi connectivity index (χ3n) is 2.32. The quantitative estimate of drug-likeness (QED) is 0.878. The molecule has 1 aromatic carbocycles. The van der Waals surface area contributed by atoms with Gasteiger partial charge in [0.15, 0.2) is 0 Å². The van der Waals surface area contributed by atoms with Gasteiger partial charge in [0.25, 0.3) is 0 Å². The minimum atomic E-state index is -4.38. The molecule has 0 bridgehead atoms. The third-order valence-corrected chi connectivity index (χ3v) is 2.32. The van der Waals surface area contributed by atoms with E-state index in [-0.39, 0.29) is 11.5 Å². The van der Waals surface area contributed by atoms with Gasteiger partial charge in [0.05, 0.1) is 5.56 Å². The lowest BCUT2D eigenvalue weighted by Gasteiger charge is -2.10. The van der Waals surface area contributed by atoms with Crippen LogP contribution in [-0.4, -0.2) is 9.97 Å². The van der Waals surface area contributed by atoms with Crippen molar-refractivity contribution in [3.05, 3.63) is 41.7 Å². The Hall–Kier alpha value is -2.31. The van der Waals surface area contributed by atoms with E-state index in [0.29, 0.717) is 11.6 Å². The van der Waals surface area contributed by atoms with E-state index in [2.05, 4.69) is 15.3 Å². The molecule has 19 heavy (non-hydrogen) atoms. The number of hydrogen-bond acceptors (Lipinski definition) is 4. The second kappa shape index (κ2) is 4.75. The molecule has 0 aliphatic carbocycles. The van der Waals surface area contributed by atoms with Crippen LogP contribution in [0.25, 0.3) is 0 Å². The van der Waals surface area contributed by atoms with Gasteiger partial charge in [-0.15, -0.1) is 0 Å². The highest BCUT2D eigenvalue weighted by molar-refractivity contribution is 5.59. The average molecular weight is 268 g/mol. The smallest absolute Gasteiger partial charge is 0.384 e. The van der Waals surface area contributed by atoms with Crippen molar-refractivity contribution in [2.24, 2.45) is 0 Å². The molecule has 0 atom stereocenters. The van der Waals surface area contributed by atoms with Gasteiger partial charge in [0.1, 0.15) is 17.5 Å². The van der Waals surface area contributed by atoms with Crippen molar-refractivity contribution in [1.82, 2.24) is 9.97 Å². The number of nitrogens with zero attached hydrogens (tertiary/aromatic N) is 2. The first-order valence-electron chi connectivity index (χ1n) is 5.40. The van der Waals surface area contributed by atoms with Gasteiger partial charge in [-0.3, -0.25) is 0 Å². The van der Waals surface area contributed by atoms with Crippen molar-refractivity contribution >= 4 is 17.3 Å². The van der Waals surface area contributed by atoms with E-state index < -0.39 is 11.7 Å². The van der Waals surface area contributed by atoms with Gasteiger partial charge in [-0.05, 0) is 25.1 Å². The number of alkyl halides is 3. The molecule has 0 saturated heterocycles. The Morgan fingerprint density at radius 3 is 2.53 bits per heavy atom. The zero-order valence-corrected chi connectivity index (χ0v) is 9.99. The molecule has 0 aliphatic rings.